The van der Waals surface area contributed by atoms with Gasteiger partial charge in [-0.05, 0) is 32.1 Å². The van der Waals surface area contributed by atoms with E-state index in [0.717, 1.165) is 38.5 Å². The molecule has 4 heteroatoms. The van der Waals surface area contributed by atoms with Crippen LogP contribution in [0.15, 0.2) is 12.2 Å². The molecule has 0 spiro atoms. The first-order valence-electron chi connectivity index (χ1n) is 12.8. The van der Waals surface area contributed by atoms with Gasteiger partial charge in [0.2, 0.25) is 0 Å². The molecule has 0 aliphatic heterocycles. The van der Waals surface area contributed by atoms with Crippen molar-refractivity contribution in [3.63, 3.8) is 0 Å². The summed E-state index contributed by atoms with van der Waals surface area (Å²) in [4.78, 5) is 23.5. The van der Waals surface area contributed by atoms with Crippen LogP contribution in [0.1, 0.15) is 129 Å². The lowest BCUT2D eigenvalue weighted by atomic mass is 10.0. The zero-order chi connectivity index (χ0) is 21.7. The van der Waals surface area contributed by atoms with Crippen molar-refractivity contribution in [3.05, 3.63) is 12.2 Å². The lowest BCUT2D eigenvalue weighted by Crippen LogP contribution is -2.16. The number of unbranched alkanes of at least 4 members (excludes halogenated alkanes) is 12. The fourth-order valence-electron chi connectivity index (χ4n) is 4.04. The van der Waals surface area contributed by atoms with Gasteiger partial charge in [0, 0.05) is 12.2 Å². The Balaban J connectivity index is 1.88. The van der Waals surface area contributed by atoms with E-state index in [1.54, 1.807) is 0 Å². The fourth-order valence-corrected chi connectivity index (χ4v) is 4.04. The van der Waals surface area contributed by atoms with Gasteiger partial charge in [-0.2, -0.15) is 0 Å². The van der Waals surface area contributed by atoms with E-state index in [-0.39, 0.29) is 6.10 Å². The quantitative estimate of drug-likeness (QED) is 0.106. The molecule has 0 aromatic carbocycles. The highest BCUT2D eigenvalue weighted by atomic mass is 16.5. The van der Waals surface area contributed by atoms with Crippen molar-refractivity contribution in [2.24, 2.45) is 0 Å². The van der Waals surface area contributed by atoms with E-state index in [0.29, 0.717) is 6.61 Å². The molecule has 1 saturated carbocycles. The van der Waals surface area contributed by atoms with Gasteiger partial charge >= 0.3 is 11.9 Å². The Kier molecular flexibility index (Phi) is 17.5. The smallest absolute Gasteiger partial charge is 0.331 e. The van der Waals surface area contributed by atoms with Gasteiger partial charge in [-0.25, -0.2) is 9.59 Å². The summed E-state index contributed by atoms with van der Waals surface area (Å²) < 4.78 is 10.6. The summed E-state index contributed by atoms with van der Waals surface area (Å²) in [7, 11) is 0. The SMILES string of the molecule is CCCCCCCCCCCCCCCOC(=O)/C=C/C(=O)OC1CCCCCC1. The minimum Gasteiger partial charge on any atom is -0.463 e. The molecule has 0 heterocycles. The van der Waals surface area contributed by atoms with Crippen LogP contribution < -0.4 is 0 Å². The van der Waals surface area contributed by atoms with Crippen molar-refractivity contribution in [1.29, 1.82) is 0 Å². The monoisotopic (exact) mass is 422 g/mol. The number of rotatable bonds is 17. The summed E-state index contributed by atoms with van der Waals surface area (Å²) in [5, 5.41) is 0. The summed E-state index contributed by atoms with van der Waals surface area (Å²) in [5.74, 6) is -0.883. The summed E-state index contributed by atoms with van der Waals surface area (Å²) >= 11 is 0. The molecule has 0 saturated heterocycles. The summed E-state index contributed by atoms with van der Waals surface area (Å²) in [5.41, 5.74) is 0. The summed E-state index contributed by atoms with van der Waals surface area (Å²) in [6, 6.07) is 0. The highest BCUT2D eigenvalue weighted by Crippen LogP contribution is 2.20. The molecule has 30 heavy (non-hydrogen) atoms. The largest absolute Gasteiger partial charge is 0.463 e. The predicted octanol–water partition coefficient (Wildman–Crippen LogP) is 7.44. The van der Waals surface area contributed by atoms with E-state index in [1.165, 1.54) is 95.6 Å². The van der Waals surface area contributed by atoms with E-state index >= 15 is 0 Å². The molecule has 1 aliphatic carbocycles. The Labute approximate surface area is 185 Å². The van der Waals surface area contributed by atoms with Crippen LogP contribution in [-0.4, -0.2) is 24.6 Å². The van der Waals surface area contributed by atoms with E-state index in [2.05, 4.69) is 6.92 Å². The maximum Gasteiger partial charge on any atom is 0.331 e. The number of hydrogen-bond acceptors (Lipinski definition) is 4. The van der Waals surface area contributed by atoms with E-state index in [4.69, 9.17) is 9.47 Å². The molecular weight excluding hydrogens is 376 g/mol. The van der Waals surface area contributed by atoms with Gasteiger partial charge in [0.25, 0.3) is 0 Å². The normalized spacial score (nSPS) is 15.2. The minimum atomic E-state index is -0.452. The second-order valence-corrected chi connectivity index (χ2v) is 8.79. The number of carbonyl (C=O) groups excluding carboxylic acids is 2. The molecule has 1 rings (SSSR count). The molecule has 174 valence electrons. The third-order valence-electron chi connectivity index (χ3n) is 5.93. The van der Waals surface area contributed by atoms with Crippen LogP contribution in [-0.2, 0) is 19.1 Å². The van der Waals surface area contributed by atoms with Gasteiger partial charge < -0.3 is 9.47 Å². The molecule has 0 aromatic heterocycles. The summed E-state index contributed by atoms with van der Waals surface area (Å²) in [6.07, 6.45) is 25.8. The van der Waals surface area contributed by atoms with Gasteiger partial charge in [0.1, 0.15) is 6.10 Å². The second kappa shape index (κ2) is 19.6. The minimum absolute atomic E-state index is 0.00599. The molecule has 0 amide bonds. The lowest BCUT2D eigenvalue weighted by molar-refractivity contribution is -0.144. The Bertz CT molecular complexity index is 450. The zero-order valence-electron chi connectivity index (χ0n) is 19.5. The Hall–Kier alpha value is -1.32. The summed E-state index contributed by atoms with van der Waals surface area (Å²) in [6.45, 7) is 2.69. The maximum absolute atomic E-state index is 11.8. The molecule has 0 radical (unpaired) electrons. The fraction of sp³-hybridized carbons (Fsp3) is 0.846. The number of ether oxygens (including phenoxy) is 2. The van der Waals surface area contributed by atoms with Gasteiger partial charge in [0.05, 0.1) is 6.61 Å². The van der Waals surface area contributed by atoms with Crippen LogP contribution in [0, 0.1) is 0 Å². The first-order valence-corrected chi connectivity index (χ1v) is 12.8. The predicted molar refractivity (Wildman–Crippen MR) is 123 cm³/mol. The van der Waals surface area contributed by atoms with Gasteiger partial charge in [0.15, 0.2) is 0 Å². The number of hydrogen-bond donors (Lipinski definition) is 0. The Morgan fingerprint density at radius 1 is 0.667 bits per heavy atom. The van der Waals surface area contributed by atoms with Crippen LogP contribution >= 0.6 is 0 Å². The number of carbonyl (C=O) groups is 2. The van der Waals surface area contributed by atoms with Crippen molar-refractivity contribution in [2.45, 2.75) is 135 Å². The Morgan fingerprint density at radius 3 is 1.67 bits per heavy atom. The molecule has 1 fully saturated rings. The second-order valence-electron chi connectivity index (χ2n) is 8.79. The molecule has 1 aliphatic rings. The molecule has 0 bridgehead atoms. The lowest BCUT2D eigenvalue weighted by Gasteiger charge is -2.13. The van der Waals surface area contributed by atoms with Crippen LogP contribution in [0.3, 0.4) is 0 Å². The molecular formula is C26H46O4. The molecule has 0 aromatic rings. The number of esters is 2. The van der Waals surface area contributed by atoms with Crippen LogP contribution in [0.25, 0.3) is 0 Å². The zero-order valence-corrected chi connectivity index (χ0v) is 19.5. The van der Waals surface area contributed by atoms with Crippen molar-refractivity contribution >= 4 is 11.9 Å². The third kappa shape index (κ3) is 16.5. The molecule has 0 N–H and O–H groups in total. The first-order chi connectivity index (χ1) is 14.7. The van der Waals surface area contributed by atoms with Crippen LogP contribution in [0.2, 0.25) is 0 Å². The average Bonchev–Trinajstić information content (AvgIpc) is 3.01. The maximum atomic E-state index is 11.8. The van der Waals surface area contributed by atoms with Crippen LogP contribution in [0.4, 0.5) is 0 Å². The van der Waals surface area contributed by atoms with Gasteiger partial charge in [-0.15, -0.1) is 0 Å². The van der Waals surface area contributed by atoms with E-state index < -0.39 is 11.9 Å². The van der Waals surface area contributed by atoms with Crippen molar-refractivity contribution in [1.82, 2.24) is 0 Å². The van der Waals surface area contributed by atoms with Crippen molar-refractivity contribution in [3.8, 4) is 0 Å². The third-order valence-corrected chi connectivity index (χ3v) is 5.93. The first kappa shape index (κ1) is 26.7. The standard InChI is InChI=1S/C26H46O4/c1-2-3-4-5-6-7-8-9-10-11-12-15-18-23-29-25(27)21-22-26(28)30-24-19-16-13-14-17-20-24/h21-22,24H,2-20,23H2,1H3/b22-21+. The van der Waals surface area contributed by atoms with Gasteiger partial charge in [-0.1, -0.05) is 96.8 Å². The molecule has 0 atom stereocenters. The van der Waals surface area contributed by atoms with E-state index in [1.807, 2.05) is 0 Å². The van der Waals surface area contributed by atoms with Gasteiger partial charge in [-0.3, -0.25) is 0 Å². The Morgan fingerprint density at radius 2 is 1.13 bits per heavy atom. The highest BCUT2D eigenvalue weighted by Gasteiger charge is 2.15. The van der Waals surface area contributed by atoms with Crippen molar-refractivity contribution < 1.29 is 19.1 Å². The highest BCUT2D eigenvalue weighted by molar-refractivity contribution is 5.91. The van der Waals surface area contributed by atoms with E-state index in [9.17, 15) is 9.59 Å². The topological polar surface area (TPSA) is 52.6 Å². The average molecular weight is 423 g/mol. The van der Waals surface area contributed by atoms with Crippen LogP contribution in [0.5, 0.6) is 0 Å². The molecule has 0 unspecified atom stereocenters. The van der Waals surface area contributed by atoms with Crippen molar-refractivity contribution in [2.75, 3.05) is 6.61 Å². The molecule has 4 nitrogen and oxygen atoms in total.